The maximum atomic E-state index is 14.2. The Morgan fingerprint density at radius 2 is 0.576 bits per heavy atom. The highest BCUT2D eigenvalue weighted by atomic mass is 79.9. The summed E-state index contributed by atoms with van der Waals surface area (Å²) in [7, 11) is 5.70. The molecule has 0 saturated heterocycles. The van der Waals surface area contributed by atoms with E-state index in [9.17, 15) is 19.2 Å². The van der Waals surface area contributed by atoms with Crippen molar-refractivity contribution in [1.29, 1.82) is 0 Å². The molecule has 8 spiro atoms. The number of carbonyl (C=O) groups is 4. The number of benzene rings is 4. The number of fused-ring (bicyclic) bond motifs is 12. The van der Waals surface area contributed by atoms with Crippen molar-refractivity contribution >= 4 is 76.0 Å². The zero-order chi connectivity index (χ0) is 94.3. The Bertz CT molecular complexity index is 5470. The minimum Gasteiger partial charge on any atom is -0.423 e. The molecule has 4 fully saturated rings. The van der Waals surface area contributed by atoms with Gasteiger partial charge in [0.25, 0.3) is 23.6 Å². The number of hydrogen-bond acceptors (Lipinski definition) is 22. The number of nitrogens with zero attached hydrogens (tertiary/aromatic N) is 12. The number of amides is 4. The van der Waals surface area contributed by atoms with Crippen molar-refractivity contribution in [1.82, 2.24) is 39.5 Å². The normalized spacial score (nSPS) is 28.6. The van der Waals surface area contributed by atoms with Crippen LogP contribution in [0.1, 0.15) is 225 Å². The predicted octanol–water partition coefficient (Wildman–Crippen LogP) is 14.3. The van der Waals surface area contributed by atoms with E-state index in [2.05, 4.69) is 127 Å². The van der Waals surface area contributed by atoms with E-state index in [1.165, 1.54) is 28.5 Å². The van der Waals surface area contributed by atoms with Crippen LogP contribution in [0.3, 0.4) is 0 Å². The molecule has 8 aliphatic carbocycles. The van der Waals surface area contributed by atoms with Crippen LogP contribution in [0, 0.1) is 49.4 Å². The number of methoxy groups -OCH3 is 4. The maximum absolute atomic E-state index is 14.2. The van der Waals surface area contributed by atoms with Gasteiger partial charge in [-0.3, -0.25) is 58.7 Å². The molecule has 696 valence electrons. The summed E-state index contributed by atoms with van der Waals surface area (Å²) in [4.78, 5) is 99.9. The Balaban J connectivity index is 0.000000124. The molecule has 10 N–H and O–H groups in total. The van der Waals surface area contributed by atoms with Crippen molar-refractivity contribution in [2.45, 2.75) is 282 Å². The van der Waals surface area contributed by atoms with E-state index < -0.39 is 29.3 Å². The summed E-state index contributed by atoms with van der Waals surface area (Å²) >= 11 is 3.58. The summed E-state index contributed by atoms with van der Waals surface area (Å²) in [5.41, 5.74) is 40.7. The van der Waals surface area contributed by atoms with Crippen LogP contribution >= 0.6 is 15.9 Å². The number of ether oxygens (including phenoxy) is 4. The number of carbonyl (C=O) groups excluding carboxylic acids is 4. The fourth-order valence-electron chi connectivity index (χ4n) is 24.7. The lowest BCUT2D eigenvalue weighted by Crippen LogP contribution is -2.53. The SMILES string of the molecule is COC1CCC2(CC1)Cc1ccc(-c3cncc(C)c3)cc1C21N=C(N)N(C(C)C)C1=O.COC1CCC2(CC1)Cc1ccc(-c3cncc(C)c3)cc1[C@@]21N=C(N)N(C(C)C)C1=O.COC1CCC2(CC1)Cc1ccc(-c3cncc(C)c3)cc1[C@]21N=C(N)N(C(C)C)C1=O.COC1CCC2(CC1)Cc1ccc(Br)cc1C21N=C(N)N(C(C)C)C1=O.Cc1cncc(B(O)O)c1. The Kier molecular flexibility index (Phi) is 26.4. The molecule has 2 unspecified atom stereocenters. The molecule has 8 heterocycles. The predicted molar refractivity (Wildman–Crippen MR) is 519 cm³/mol. The largest absolute Gasteiger partial charge is 0.490 e. The van der Waals surface area contributed by atoms with Gasteiger partial charge >= 0.3 is 7.12 Å². The Hall–Kier alpha value is -10.5. The quantitative estimate of drug-likeness (QED) is 0.0619. The summed E-state index contributed by atoms with van der Waals surface area (Å²) in [6.45, 7) is 23.9. The molecule has 132 heavy (non-hydrogen) atoms. The first-order valence-electron chi connectivity index (χ1n) is 47.1. The van der Waals surface area contributed by atoms with Crippen molar-refractivity contribution in [2.75, 3.05) is 28.4 Å². The maximum Gasteiger partial charge on any atom is 0.490 e. The number of hydrogen-bond donors (Lipinski definition) is 6. The van der Waals surface area contributed by atoms with Gasteiger partial charge in [0.1, 0.15) is 0 Å². The average Bonchev–Trinajstić information content (AvgIpc) is 1.54. The lowest BCUT2D eigenvalue weighted by Gasteiger charge is -2.45. The van der Waals surface area contributed by atoms with Gasteiger partial charge in [-0.1, -0.05) is 64.5 Å². The van der Waals surface area contributed by atoms with Crippen molar-refractivity contribution < 1.29 is 48.2 Å². The number of aromatic nitrogens is 4. The standard InChI is InChI=1S/3C26H32N4O2.C20H26BrN3O2.C6H8BNO2/c3*1-16(2)30-23(31)26(29-24(30)27)22-12-18(20-11-17(3)14-28-15-20)5-6-19(22)13-25(26)9-7-21(32-4)8-10-25;1-12(2)24-17(25)20(23-18(24)22)16-10-14(21)5-4-13(16)11-19(20)8-6-15(26-3)7-9-19;1-5-2-6(7(9)10)4-8-3-5/h3*5-6,11-12,14-16,21H,7-10,13H2,1-4H3,(H2,27,29);4-5,10,12,15H,6-9,11H2,1-3H3,(H2,22,23);2-4,9-10H,1H3/t2*21?,25?,26-;;;/m10.../s1. The number of guanidine groups is 4. The summed E-state index contributed by atoms with van der Waals surface area (Å²) in [6, 6.07) is 33.7. The third kappa shape index (κ3) is 15.9. The molecule has 4 atom stereocenters. The molecule has 4 aromatic carbocycles. The van der Waals surface area contributed by atoms with Crippen molar-refractivity contribution in [3.05, 3.63) is 218 Å². The van der Waals surface area contributed by atoms with Gasteiger partial charge in [-0.25, -0.2) is 20.0 Å². The van der Waals surface area contributed by atoms with Crippen molar-refractivity contribution in [3.8, 4) is 33.4 Å². The van der Waals surface area contributed by atoms with E-state index in [1.807, 2.05) is 120 Å². The average molecular weight is 1860 g/mol. The van der Waals surface area contributed by atoms with Crippen molar-refractivity contribution in [2.24, 2.45) is 64.6 Å². The number of pyridine rings is 4. The lowest BCUT2D eigenvalue weighted by molar-refractivity contribution is -0.140. The van der Waals surface area contributed by atoms with E-state index in [1.54, 1.807) is 60.3 Å². The molecular weight excluding hydrogens is 1720 g/mol. The van der Waals surface area contributed by atoms with Gasteiger partial charge in [-0.15, -0.1) is 0 Å². The van der Waals surface area contributed by atoms with Gasteiger partial charge in [-0.2, -0.15) is 0 Å². The molecule has 28 heteroatoms. The van der Waals surface area contributed by atoms with E-state index in [0.717, 1.165) is 211 Å². The number of aliphatic imine (C=N–C) groups is 4. The van der Waals surface area contributed by atoms with E-state index in [0.29, 0.717) is 29.3 Å². The number of halogens is 1. The molecule has 4 aromatic heterocycles. The topological polar surface area (TPSA) is 364 Å². The van der Waals surface area contributed by atoms with Gasteiger partial charge in [0, 0.05) is 150 Å². The summed E-state index contributed by atoms with van der Waals surface area (Å²) in [5, 5.41) is 17.3. The van der Waals surface area contributed by atoms with Gasteiger partial charge in [0.15, 0.2) is 46.0 Å². The Morgan fingerprint density at radius 1 is 0.341 bits per heavy atom. The van der Waals surface area contributed by atoms with Gasteiger partial charge in [0.2, 0.25) is 0 Å². The van der Waals surface area contributed by atoms with Crippen LogP contribution in [-0.4, -0.2) is 181 Å². The fourth-order valence-corrected chi connectivity index (χ4v) is 25.1. The second-order valence-corrected chi connectivity index (χ2v) is 41.1. The molecule has 12 aliphatic rings. The van der Waals surface area contributed by atoms with Crippen LogP contribution in [0.5, 0.6) is 0 Å². The summed E-state index contributed by atoms with van der Waals surface area (Å²) < 4.78 is 23.5. The Labute approximate surface area is 785 Å². The van der Waals surface area contributed by atoms with Crippen molar-refractivity contribution in [3.63, 3.8) is 0 Å². The number of rotatable bonds is 12. The molecule has 4 amide bonds. The third-order valence-corrected chi connectivity index (χ3v) is 31.6. The van der Waals surface area contributed by atoms with E-state index >= 15 is 0 Å². The highest BCUT2D eigenvalue weighted by Crippen LogP contribution is 2.67. The molecule has 20 rings (SSSR count). The Morgan fingerprint density at radius 3 is 0.788 bits per heavy atom. The van der Waals surface area contributed by atoms with E-state index in [-0.39, 0.29) is 93.9 Å². The lowest BCUT2D eigenvalue weighted by atomic mass is 9.61. The second kappa shape index (κ2) is 36.7. The highest BCUT2D eigenvalue weighted by Gasteiger charge is 2.72. The van der Waals surface area contributed by atoms with Crippen LogP contribution in [-0.2, 0) is 86.0 Å². The second-order valence-electron chi connectivity index (χ2n) is 40.2. The summed E-state index contributed by atoms with van der Waals surface area (Å²) in [5.74, 6) is 1.50. The number of nitrogens with two attached hydrogens (primary N) is 4. The van der Waals surface area contributed by atoms with Crippen LogP contribution in [0.15, 0.2) is 171 Å². The zero-order valence-electron chi connectivity index (χ0n) is 79.4. The molecule has 8 aromatic rings. The molecule has 0 radical (unpaired) electrons. The molecule has 4 aliphatic heterocycles. The first kappa shape index (κ1) is 94.7. The summed E-state index contributed by atoms with van der Waals surface area (Å²) in [6.07, 6.45) is 33.5. The van der Waals surface area contributed by atoms with Crippen LogP contribution in [0.2, 0.25) is 0 Å². The molecule has 4 saturated carbocycles. The van der Waals surface area contributed by atoms with Crippen LogP contribution in [0.4, 0.5) is 0 Å². The van der Waals surface area contributed by atoms with Crippen LogP contribution < -0.4 is 28.4 Å². The molecule has 26 nitrogen and oxygen atoms in total. The fraction of sp³-hybridized carbons (Fsp3) is 0.500. The first-order valence-corrected chi connectivity index (χ1v) is 47.9. The number of aryl methyl sites for hydroxylation is 4. The van der Waals surface area contributed by atoms with Gasteiger partial charge < -0.3 is 51.9 Å². The molecular formula is C104H130BBrN16O10. The minimum absolute atomic E-state index is 0.00538. The highest BCUT2D eigenvalue weighted by molar-refractivity contribution is 9.10. The van der Waals surface area contributed by atoms with Gasteiger partial charge in [-0.05, 0) is 343 Å². The first-order chi connectivity index (χ1) is 63.0. The minimum atomic E-state index is -1.41. The van der Waals surface area contributed by atoms with Gasteiger partial charge in [0.05, 0.1) is 24.4 Å². The van der Waals surface area contributed by atoms with E-state index in [4.69, 9.17) is 71.9 Å². The molecule has 0 bridgehead atoms. The monoisotopic (exact) mass is 1850 g/mol. The zero-order valence-corrected chi connectivity index (χ0v) is 81.0. The smallest absolute Gasteiger partial charge is 0.423 e. The third-order valence-electron chi connectivity index (χ3n) is 31.2. The van der Waals surface area contributed by atoms with Crippen LogP contribution in [0.25, 0.3) is 33.4 Å².